The van der Waals surface area contributed by atoms with Gasteiger partial charge in [0.1, 0.15) is 0 Å². The molecule has 110 valence electrons. The molecule has 2 atom stereocenters. The third-order valence-electron chi connectivity index (χ3n) is 3.37. The monoisotopic (exact) mass is 292 g/mol. The first-order chi connectivity index (χ1) is 8.74. The van der Waals surface area contributed by atoms with E-state index in [2.05, 4.69) is 5.32 Å². The number of hydrogen-bond acceptors (Lipinski definition) is 4. The topological polar surface area (TPSA) is 104 Å². The van der Waals surface area contributed by atoms with E-state index in [0.29, 0.717) is 19.3 Å². The number of hydrogen-bond donors (Lipinski definition) is 2. The number of nitrogens with one attached hydrogen (secondary N) is 1. The summed E-state index contributed by atoms with van der Waals surface area (Å²) in [5.41, 5.74) is 0. The fourth-order valence-corrected chi connectivity index (χ4v) is 2.80. The Morgan fingerprint density at radius 2 is 1.84 bits per heavy atom. The van der Waals surface area contributed by atoms with Crippen LogP contribution in [0.1, 0.15) is 19.3 Å². The smallest absolute Gasteiger partial charge is 0.306 e. The Kier molecular flexibility index (Phi) is 5.30. The quantitative estimate of drug-likeness (QED) is 0.686. The number of rotatable bonds is 6. The maximum absolute atomic E-state index is 11.8. The summed E-state index contributed by atoms with van der Waals surface area (Å²) in [6.45, 7) is 0.0492. The molecule has 0 aromatic heterocycles. The third-order valence-corrected chi connectivity index (χ3v) is 5.20. The second-order valence-corrected chi connectivity index (χ2v) is 7.24. The summed E-state index contributed by atoms with van der Waals surface area (Å²) in [5.74, 6) is -2.05. The lowest BCUT2D eigenvalue weighted by Gasteiger charge is -2.13. The number of aliphatic carboxylic acids is 1. The van der Waals surface area contributed by atoms with Gasteiger partial charge in [0.05, 0.1) is 11.7 Å². The zero-order valence-electron chi connectivity index (χ0n) is 11.1. The zero-order valence-corrected chi connectivity index (χ0v) is 11.9. The SMILES string of the molecule is CN(C)S(=O)(=O)CCNC(=O)C1CCC(C(=O)O)C1. The van der Waals surface area contributed by atoms with Crippen LogP contribution in [0, 0.1) is 11.8 Å². The Morgan fingerprint density at radius 1 is 1.26 bits per heavy atom. The Bertz CT molecular complexity index is 446. The van der Waals surface area contributed by atoms with Crippen LogP contribution in [0.2, 0.25) is 0 Å². The van der Waals surface area contributed by atoms with Crippen molar-refractivity contribution in [2.24, 2.45) is 11.8 Å². The lowest BCUT2D eigenvalue weighted by atomic mass is 10.0. The molecule has 1 saturated carbocycles. The van der Waals surface area contributed by atoms with Crippen molar-refractivity contribution in [3.63, 3.8) is 0 Å². The number of carbonyl (C=O) groups excluding carboxylic acids is 1. The Hall–Kier alpha value is -1.15. The van der Waals surface area contributed by atoms with Crippen molar-refractivity contribution >= 4 is 21.9 Å². The normalized spacial score (nSPS) is 23.5. The van der Waals surface area contributed by atoms with E-state index in [1.807, 2.05) is 0 Å². The van der Waals surface area contributed by atoms with Crippen molar-refractivity contribution in [3.05, 3.63) is 0 Å². The molecule has 0 saturated heterocycles. The zero-order chi connectivity index (χ0) is 14.6. The van der Waals surface area contributed by atoms with Gasteiger partial charge in [-0.05, 0) is 19.3 Å². The van der Waals surface area contributed by atoms with E-state index in [1.165, 1.54) is 14.1 Å². The largest absolute Gasteiger partial charge is 0.481 e. The van der Waals surface area contributed by atoms with Crippen LogP contribution in [0.15, 0.2) is 0 Å². The van der Waals surface area contributed by atoms with Crippen molar-refractivity contribution in [1.29, 1.82) is 0 Å². The highest BCUT2D eigenvalue weighted by Gasteiger charge is 2.33. The number of carbonyl (C=O) groups is 2. The standard InChI is InChI=1S/C11H20N2O5S/c1-13(2)19(17,18)6-5-12-10(14)8-3-4-9(7-8)11(15)16/h8-9H,3-7H2,1-2H3,(H,12,14)(H,15,16). The maximum atomic E-state index is 11.8. The fraction of sp³-hybridized carbons (Fsp3) is 0.818. The molecule has 0 heterocycles. The highest BCUT2D eigenvalue weighted by atomic mass is 32.2. The molecule has 19 heavy (non-hydrogen) atoms. The second kappa shape index (κ2) is 6.33. The highest BCUT2D eigenvalue weighted by molar-refractivity contribution is 7.89. The van der Waals surface area contributed by atoms with E-state index >= 15 is 0 Å². The summed E-state index contributed by atoms with van der Waals surface area (Å²) in [4.78, 5) is 22.5. The van der Waals surface area contributed by atoms with Crippen LogP contribution in [0.25, 0.3) is 0 Å². The minimum atomic E-state index is -3.32. The van der Waals surface area contributed by atoms with Gasteiger partial charge < -0.3 is 10.4 Å². The van der Waals surface area contributed by atoms with Crippen LogP contribution < -0.4 is 5.32 Å². The molecular weight excluding hydrogens is 272 g/mol. The van der Waals surface area contributed by atoms with Gasteiger partial charge in [-0.2, -0.15) is 0 Å². The molecule has 0 bridgehead atoms. The number of carboxylic acids is 1. The van der Waals surface area contributed by atoms with Gasteiger partial charge in [-0.3, -0.25) is 9.59 Å². The molecule has 1 aliphatic carbocycles. The number of carboxylic acid groups (broad SMARTS) is 1. The van der Waals surface area contributed by atoms with Crippen LogP contribution in [-0.4, -0.2) is 56.1 Å². The molecule has 0 radical (unpaired) electrons. The van der Waals surface area contributed by atoms with Gasteiger partial charge in [0.15, 0.2) is 0 Å². The predicted octanol–water partition coefficient (Wildman–Crippen LogP) is -0.505. The first-order valence-electron chi connectivity index (χ1n) is 6.14. The van der Waals surface area contributed by atoms with Gasteiger partial charge in [-0.25, -0.2) is 12.7 Å². The van der Waals surface area contributed by atoms with Crippen LogP contribution >= 0.6 is 0 Å². The number of amides is 1. The summed E-state index contributed by atoms with van der Waals surface area (Å²) >= 11 is 0. The molecule has 1 aliphatic rings. The summed E-state index contributed by atoms with van der Waals surface area (Å²) < 4.78 is 24.0. The molecule has 0 aromatic rings. The van der Waals surface area contributed by atoms with Gasteiger partial charge >= 0.3 is 5.97 Å². The molecule has 1 amide bonds. The minimum absolute atomic E-state index is 0.0492. The Balaban J connectivity index is 2.36. The molecule has 0 spiro atoms. The summed E-state index contributed by atoms with van der Waals surface area (Å²) in [6, 6.07) is 0. The van der Waals surface area contributed by atoms with Crippen molar-refractivity contribution in [3.8, 4) is 0 Å². The van der Waals surface area contributed by atoms with E-state index < -0.39 is 21.9 Å². The predicted molar refractivity (Wildman–Crippen MR) is 69.0 cm³/mol. The number of sulfonamides is 1. The van der Waals surface area contributed by atoms with Crippen molar-refractivity contribution in [2.75, 3.05) is 26.4 Å². The van der Waals surface area contributed by atoms with Crippen LogP contribution in [-0.2, 0) is 19.6 Å². The summed E-state index contributed by atoms with van der Waals surface area (Å²) in [7, 11) is -0.445. The average Bonchev–Trinajstić information content (AvgIpc) is 2.77. The van der Waals surface area contributed by atoms with E-state index in [4.69, 9.17) is 5.11 Å². The van der Waals surface area contributed by atoms with Gasteiger partial charge in [0.2, 0.25) is 15.9 Å². The lowest BCUT2D eigenvalue weighted by Crippen LogP contribution is -2.36. The van der Waals surface area contributed by atoms with E-state index in [1.54, 1.807) is 0 Å². The van der Waals surface area contributed by atoms with Crippen molar-refractivity contribution in [2.45, 2.75) is 19.3 Å². The Morgan fingerprint density at radius 3 is 2.32 bits per heavy atom. The van der Waals surface area contributed by atoms with E-state index in [9.17, 15) is 18.0 Å². The molecule has 0 aliphatic heterocycles. The van der Waals surface area contributed by atoms with Gasteiger partial charge in [0, 0.05) is 26.6 Å². The second-order valence-electron chi connectivity index (χ2n) is 4.93. The van der Waals surface area contributed by atoms with Crippen LogP contribution in [0.4, 0.5) is 0 Å². The van der Waals surface area contributed by atoms with Crippen molar-refractivity contribution in [1.82, 2.24) is 9.62 Å². The lowest BCUT2D eigenvalue weighted by molar-refractivity contribution is -0.141. The van der Waals surface area contributed by atoms with Crippen LogP contribution in [0.5, 0.6) is 0 Å². The molecule has 1 rings (SSSR count). The van der Waals surface area contributed by atoms with Crippen LogP contribution in [0.3, 0.4) is 0 Å². The molecule has 0 aromatic carbocycles. The fourth-order valence-electron chi connectivity index (χ4n) is 2.07. The summed E-state index contributed by atoms with van der Waals surface area (Å²) in [6.07, 6.45) is 1.38. The van der Waals surface area contributed by atoms with Gasteiger partial charge in [0.25, 0.3) is 0 Å². The van der Waals surface area contributed by atoms with Gasteiger partial charge in [-0.15, -0.1) is 0 Å². The van der Waals surface area contributed by atoms with Crippen molar-refractivity contribution < 1.29 is 23.1 Å². The number of nitrogens with zero attached hydrogens (tertiary/aromatic N) is 1. The average molecular weight is 292 g/mol. The van der Waals surface area contributed by atoms with E-state index in [-0.39, 0.29) is 24.1 Å². The highest BCUT2D eigenvalue weighted by Crippen LogP contribution is 2.30. The first kappa shape index (κ1) is 15.9. The molecule has 2 unspecified atom stereocenters. The summed E-state index contributed by atoms with van der Waals surface area (Å²) in [5, 5.41) is 11.4. The Labute approximate surface area is 113 Å². The molecule has 1 fully saturated rings. The third kappa shape index (κ3) is 4.46. The first-order valence-corrected chi connectivity index (χ1v) is 7.75. The van der Waals surface area contributed by atoms with Gasteiger partial charge in [-0.1, -0.05) is 0 Å². The molecular formula is C11H20N2O5S. The maximum Gasteiger partial charge on any atom is 0.306 e. The molecule has 2 N–H and O–H groups in total. The minimum Gasteiger partial charge on any atom is -0.481 e. The molecule has 8 heteroatoms. The molecule has 7 nitrogen and oxygen atoms in total. The van der Waals surface area contributed by atoms with E-state index in [0.717, 1.165) is 4.31 Å².